The van der Waals surface area contributed by atoms with Gasteiger partial charge < -0.3 is 20.1 Å². The molecule has 0 saturated carbocycles. The van der Waals surface area contributed by atoms with Crippen molar-refractivity contribution in [1.29, 1.82) is 0 Å². The van der Waals surface area contributed by atoms with E-state index in [0.29, 0.717) is 24.4 Å². The van der Waals surface area contributed by atoms with Gasteiger partial charge in [-0.1, -0.05) is 18.2 Å². The van der Waals surface area contributed by atoms with Crippen molar-refractivity contribution >= 4 is 22.5 Å². The molecule has 1 aliphatic carbocycles. The lowest BCUT2D eigenvalue weighted by atomic mass is 10.0. The zero-order chi connectivity index (χ0) is 22.2. The van der Waals surface area contributed by atoms with Crippen LogP contribution >= 0.6 is 0 Å². The lowest BCUT2D eigenvalue weighted by Gasteiger charge is -2.37. The van der Waals surface area contributed by atoms with E-state index >= 15 is 0 Å². The minimum Gasteiger partial charge on any atom is -0.497 e. The number of likely N-dealkylation sites (N-methyl/N-ethyl adjacent to an activating group) is 1. The third-order valence-corrected chi connectivity index (χ3v) is 6.42. The second-order valence-electron chi connectivity index (χ2n) is 8.44. The Morgan fingerprint density at radius 2 is 1.88 bits per heavy atom. The number of fused-ring (bicyclic) bond motifs is 5. The monoisotopic (exact) mass is 432 g/mol. The Labute approximate surface area is 187 Å². The summed E-state index contributed by atoms with van der Waals surface area (Å²) >= 11 is 0. The number of aromatic nitrogens is 1. The number of nitrogens with one attached hydrogen (secondary N) is 1. The van der Waals surface area contributed by atoms with Crippen LogP contribution in [0.25, 0.3) is 22.0 Å². The van der Waals surface area contributed by atoms with E-state index in [1.54, 1.807) is 7.11 Å². The van der Waals surface area contributed by atoms with Crippen molar-refractivity contribution in [2.75, 3.05) is 58.3 Å². The molecule has 166 valence electrons. The number of ketones is 1. The van der Waals surface area contributed by atoms with Gasteiger partial charge in [0.15, 0.2) is 5.78 Å². The number of β-amino-alcohol motifs (C(OH)–C–C–N with tert-alkyl or cyclic N) is 1. The van der Waals surface area contributed by atoms with Crippen LogP contribution in [-0.2, 0) is 0 Å². The molecule has 2 N–H and O–H groups in total. The van der Waals surface area contributed by atoms with Crippen molar-refractivity contribution in [3.8, 4) is 16.9 Å². The number of piperazine rings is 1. The number of hydrogen-bond donors (Lipinski definition) is 2. The fourth-order valence-electron chi connectivity index (χ4n) is 4.85. The van der Waals surface area contributed by atoms with E-state index in [2.05, 4.69) is 15.1 Å². The fraction of sp³-hybridized carbons (Fsp3) is 0.360. The van der Waals surface area contributed by atoms with E-state index in [-0.39, 0.29) is 11.9 Å². The number of methoxy groups -OCH3 is 1. The van der Waals surface area contributed by atoms with Gasteiger partial charge in [-0.3, -0.25) is 9.69 Å². The first-order valence-corrected chi connectivity index (χ1v) is 11.1. The summed E-state index contributed by atoms with van der Waals surface area (Å²) in [6.45, 7) is 4.51. The third-order valence-electron chi connectivity index (χ3n) is 6.42. The number of anilines is 1. The maximum absolute atomic E-state index is 13.5. The third kappa shape index (κ3) is 3.52. The Morgan fingerprint density at radius 3 is 2.62 bits per heavy atom. The van der Waals surface area contributed by atoms with Crippen molar-refractivity contribution in [1.82, 2.24) is 15.2 Å². The van der Waals surface area contributed by atoms with Gasteiger partial charge in [-0.25, -0.2) is 4.98 Å². The first-order chi connectivity index (χ1) is 15.6. The van der Waals surface area contributed by atoms with E-state index in [1.165, 1.54) is 0 Å². The zero-order valence-corrected chi connectivity index (χ0v) is 18.5. The molecule has 2 aliphatic rings. The van der Waals surface area contributed by atoms with Crippen LogP contribution in [0.4, 0.5) is 5.82 Å². The molecule has 2 heterocycles. The van der Waals surface area contributed by atoms with E-state index in [4.69, 9.17) is 9.72 Å². The first-order valence-electron chi connectivity index (χ1n) is 11.1. The van der Waals surface area contributed by atoms with Crippen LogP contribution < -0.4 is 15.0 Å². The van der Waals surface area contributed by atoms with E-state index in [0.717, 1.165) is 59.6 Å². The number of carbonyl (C=O) groups is 1. The predicted octanol–water partition coefficient (Wildman–Crippen LogP) is 2.16. The molecule has 1 saturated heterocycles. The quantitative estimate of drug-likeness (QED) is 0.483. The molecule has 1 aliphatic heterocycles. The van der Waals surface area contributed by atoms with Crippen LogP contribution in [-0.4, -0.2) is 80.3 Å². The van der Waals surface area contributed by atoms with Crippen LogP contribution in [0.1, 0.15) is 15.9 Å². The molecule has 7 heteroatoms. The molecule has 1 unspecified atom stereocenters. The number of aliphatic hydroxyl groups excluding tert-OH is 1. The smallest absolute Gasteiger partial charge is 0.195 e. The number of ether oxygens (including phenoxy) is 1. The van der Waals surface area contributed by atoms with Gasteiger partial charge in [-0.05, 0) is 36.9 Å². The van der Waals surface area contributed by atoms with Gasteiger partial charge in [0.25, 0.3) is 0 Å². The van der Waals surface area contributed by atoms with Crippen molar-refractivity contribution in [3.63, 3.8) is 0 Å². The number of pyridine rings is 1. The summed E-state index contributed by atoms with van der Waals surface area (Å²) < 4.78 is 5.37. The molecule has 0 amide bonds. The number of benzene rings is 2. The summed E-state index contributed by atoms with van der Waals surface area (Å²) in [5.74, 6) is 1.58. The molecule has 2 aromatic carbocycles. The van der Waals surface area contributed by atoms with Crippen LogP contribution in [0, 0.1) is 0 Å². The molecule has 7 nitrogen and oxygen atoms in total. The summed E-state index contributed by atoms with van der Waals surface area (Å²) in [7, 11) is 3.46. The first kappa shape index (κ1) is 20.9. The predicted molar refractivity (Wildman–Crippen MR) is 126 cm³/mol. The Morgan fingerprint density at radius 1 is 1.09 bits per heavy atom. The van der Waals surface area contributed by atoms with Crippen LogP contribution in [0.5, 0.6) is 5.75 Å². The topological polar surface area (TPSA) is 77.9 Å². The van der Waals surface area contributed by atoms with E-state index in [1.807, 2.05) is 49.5 Å². The molecule has 3 aromatic rings. The summed E-state index contributed by atoms with van der Waals surface area (Å²) in [6, 6.07) is 13.6. The minimum atomic E-state index is -0.380. The number of hydrogen-bond acceptors (Lipinski definition) is 7. The van der Waals surface area contributed by atoms with Gasteiger partial charge in [0.2, 0.25) is 0 Å². The SMILES string of the molecule is CNCC(O)CN1CCN(c2nc3ccccc3c3c2-c2ccc(OC)cc2C3=O)CC1. The van der Waals surface area contributed by atoms with Gasteiger partial charge in [0.1, 0.15) is 11.6 Å². The number of carbonyl (C=O) groups excluding carboxylic acids is 1. The maximum Gasteiger partial charge on any atom is 0.195 e. The van der Waals surface area contributed by atoms with Crippen LogP contribution in [0.3, 0.4) is 0 Å². The summed E-state index contributed by atoms with van der Waals surface area (Å²) in [4.78, 5) is 23.1. The number of aliphatic hydroxyl groups is 1. The second kappa shape index (κ2) is 8.50. The zero-order valence-electron chi connectivity index (χ0n) is 18.5. The molecule has 1 fully saturated rings. The molecule has 32 heavy (non-hydrogen) atoms. The maximum atomic E-state index is 13.5. The summed E-state index contributed by atoms with van der Waals surface area (Å²) in [6.07, 6.45) is -0.380. The lowest BCUT2D eigenvalue weighted by Crippen LogP contribution is -2.50. The normalized spacial score (nSPS) is 16.8. The largest absolute Gasteiger partial charge is 0.497 e. The molecule has 0 spiro atoms. The van der Waals surface area contributed by atoms with Crippen LogP contribution in [0.15, 0.2) is 42.5 Å². The van der Waals surface area contributed by atoms with Gasteiger partial charge in [-0.15, -0.1) is 0 Å². The Kier molecular flexibility index (Phi) is 5.55. The molecule has 1 atom stereocenters. The molecular formula is C25H28N4O3. The average molecular weight is 433 g/mol. The summed E-state index contributed by atoms with van der Waals surface area (Å²) in [5.41, 5.74) is 4.09. The molecule has 5 rings (SSSR count). The Bertz CT molecular complexity index is 1170. The second-order valence-corrected chi connectivity index (χ2v) is 8.44. The number of nitrogens with zero attached hydrogens (tertiary/aromatic N) is 3. The fourth-order valence-corrected chi connectivity index (χ4v) is 4.85. The minimum absolute atomic E-state index is 0.0302. The average Bonchev–Trinajstić information content (AvgIpc) is 3.11. The van der Waals surface area contributed by atoms with Crippen molar-refractivity contribution in [3.05, 3.63) is 53.6 Å². The van der Waals surface area contributed by atoms with E-state index < -0.39 is 0 Å². The van der Waals surface area contributed by atoms with Crippen molar-refractivity contribution < 1.29 is 14.6 Å². The highest BCUT2D eigenvalue weighted by Gasteiger charge is 2.34. The molecule has 0 bridgehead atoms. The molecular weight excluding hydrogens is 404 g/mol. The highest BCUT2D eigenvalue weighted by Crippen LogP contribution is 2.46. The molecule has 0 radical (unpaired) electrons. The van der Waals surface area contributed by atoms with Crippen molar-refractivity contribution in [2.24, 2.45) is 0 Å². The number of para-hydroxylation sites is 1. The standard InChI is InChI=1S/C25H28N4O3/c1-26-14-16(30)15-28-9-11-29(12-10-28)25-23-18-8-7-17(32-2)13-20(18)24(31)22(23)19-5-3-4-6-21(19)27-25/h3-8,13,16,26,30H,9-12,14-15H2,1-2H3. The molecule has 1 aromatic heterocycles. The van der Waals surface area contributed by atoms with Gasteiger partial charge in [0.05, 0.1) is 18.7 Å². The van der Waals surface area contributed by atoms with Gasteiger partial charge in [-0.2, -0.15) is 0 Å². The van der Waals surface area contributed by atoms with Crippen LogP contribution in [0.2, 0.25) is 0 Å². The van der Waals surface area contributed by atoms with Gasteiger partial charge >= 0.3 is 0 Å². The summed E-state index contributed by atoms with van der Waals surface area (Å²) in [5, 5.41) is 14.0. The highest BCUT2D eigenvalue weighted by molar-refractivity contribution is 6.28. The highest BCUT2D eigenvalue weighted by atomic mass is 16.5. The van der Waals surface area contributed by atoms with E-state index in [9.17, 15) is 9.90 Å². The van der Waals surface area contributed by atoms with Crippen molar-refractivity contribution in [2.45, 2.75) is 6.10 Å². The number of rotatable bonds is 6. The van der Waals surface area contributed by atoms with Gasteiger partial charge in [0, 0.05) is 61.3 Å². The Hall–Kier alpha value is -3.00. The Balaban J connectivity index is 1.53. The lowest BCUT2D eigenvalue weighted by molar-refractivity contribution is 0.104.